The van der Waals surface area contributed by atoms with Gasteiger partial charge in [0.25, 0.3) is 0 Å². The lowest BCUT2D eigenvalue weighted by Crippen LogP contribution is -2.34. The number of anilines is 2. The molecule has 2 aliphatic heterocycles. The second-order valence-corrected chi connectivity index (χ2v) is 8.80. The molecule has 0 spiro atoms. The van der Waals surface area contributed by atoms with E-state index < -0.39 is 0 Å². The Kier molecular flexibility index (Phi) is 6.04. The molecule has 0 bridgehead atoms. The lowest BCUT2D eigenvalue weighted by Gasteiger charge is -2.31. The third-order valence-electron chi connectivity index (χ3n) is 5.93. The second-order valence-electron chi connectivity index (χ2n) is 7.82. The zero-order chi connectivity index (χ0) is 21.0. The second kappa shape index (κ2) is 9.24. The number of benzene rings is 2. The summed E-state index contributed by atoms with van der Waals surface area (Å²) < 4.78 is 18.8. The molecular weight excluding hydrogens is 411 g/mol. The maximum absolute atomic E-state index is 12.6. The van der Waals surface area contributed by atoms with Gasteiger partial charge in [-0.3, -0.25) is 4.98 Å². The summed E-state index contributed by atoms with van der Waals surface area (Å²) in [5.41, 5.74) is 3.29. The zero-order valence-electron chi connectivity index (χ0n) is 17.3. The Labute approximate surface area is 186 Å². The number of thioether (sulfide) groups is 1. The molecule has 1 fully saturated rings. The van der Waals surface area contributed by atoms with E-state index >= 15 is 0 Å². The molecule has 7 heteroatoms. The van der Waals surface area contributed by atoms with Crippen LogP contribution in [0, 0.1) is 0 Å². The molecule has 0 unspecified atom stereocenters. The Hall–Kier alpha value is -2.64. The van der Waals surface area contributed by atoms with Crippen molar-refractivity contribution in [2.45, 2.75) is 23.7 Å². The molecule has 0 amide bonds. The quantitative estimate of drug-likeness (QED) is 0.500. The fraction of sp³-hybridized carbons (Fsp3) is 0.333. The molecule has 2 aromatic carbocycles. The molecule has 3 heterocycles. The molecule has 0 aliphatic carbocycles. The number of nitrogens with zero attached hydrogens (tertiary/aromatic N) is 4. The molecule has 31 heavy (non-hydrogen) atoms. The Balaban J connectivity index is 1.29. The number of para-hydroxylation sites is 1. The van der Waals surface area contributed by atoms with Gasteiger partial charge in [-0.1, -0.05) is 12.1 Å². The van der Waals surface area contributed by atoms with Crippen molar-refractivity contribution in [3.05, 3.63) is 66.6 Å². The van der Waals surface area contributed by atoms with Crippen LogP contribution in [0.3, 0.4) is 0 Å². The number of ether oxygens (including phenoxy) is 1. The molecule has 1 saturated heterocycles. The highest BCUT2D eigenvalue weighted by atomic mass is 32.2. The van der Waals surface area contributed by atoms with Gasteiger partial charge in [-0.25, -0.2) is 9.37 Å². The van der Waals surface area contributed by atoms with Gasteiger partial charge in [-0.2, -0.15) is 0 Å². The highest BCUT2D eigenvalue weighted by Crippen LogP contribution is 2.43. The van der Waals surface area contributed by atoms with Gasteiger partial charge in [0.05, 0.1) is 11.6 Å². The minimum absolute atomic E-state index is 0.289. The number of piperidine rings is 1. The van der Waals surface area contributed by atoms with Crippen LogP contribution in [0.15, 0.2) is 65.8 Å². The molecule has 0 N–H and O–H groups in total. The van der Waals surface area contributed by atoms with E-state index in [0.717, 1.165) is 48.9 Å². The number of rotatable bonds is 6. The van der Waals surface area contributed by atoms with Crippen molar-refractivity contribution in [1.82, 2.24) is 14.9 Å². The predicted molar refractivity (Wildman–Crippen MR) is 122 cm³/mol. The van der Waals surface area contributed by atoms with Crippen molar-refractivity contribution in [2.75, 3.05) is 37.1 Å². The van der Waals surface area contributed by atoms with Gasteiger partial charge in [0.15, 0.2) is 0 Å². The van der Waals surface area contributed by atoms with Gasteiger partial charge in [-0.15, -0.1) is 11.8 Å². The van der Waals surface area contributed by atoms with Crippen molar-refractivity contribution in [3.63, 3.8) is 0 Å². The summed E-state index contributed by atoms with van der Waals surface area (Å²) in [5.74, 6) is 2.52. The summed E-state index contributed by atoms with van der Waals surface area (Å²) in [5, 5.41) is 0. The monoisotopic (exact) mass is 436 g/mol. The first kappa shape index (κ1) is 20.3. The van der Waals surface area contributed by atoms with E-state index in [1.54, 1.807) is 12.4 Å². The third-order valence-corrected chi connectivity index (χ3v) is 6.98. The van der Waals surface area contributed by atoms with Gasteiger partial charge in [0, 0.05) is 35.4 Å². The fourth-order valence-corrected chi connectivity index (χ4v) is 5.33. The van der Waals surface area contributed by atoms with Crippen LogP contribution < -0.4 is 9.64 Å². The van der Waals surface area contributed by atoms with Crippen molar-refractivity contribution in [2.24, 2.45) is 0 Å². The molecule has 0 atom stereocenters. The average Bonchev–Trinajstić information content (AvgIpc) is 3.25. The van der Waals surface area contributed by atoms with Gasteiger partial charge in [-0.05, 0) is 62.3 Å². The molecule has 5 rings (SSSR count). The van der Waals surface area contributed by atoms with E-state index in [9.17, 15) is 4.39 Å². The Morgan fingerprint density at radius 1 is 1.00 bits per heavy atom. The van der Waals surface area contributed by atoms with Crippen LogP contribution >= 0.6 is 11.8 Å². The summed E-state index contributed by atoms with van der Waals surface area (Å²) in [7, 11) is 0. The van der Waals surface area contributed by atoms with Crippen LogP contribution in [0.25, 0.3) is 0 Å². The van der Waals surface area contributed by atoms with Crippen molar-refractivity contribution in [3.8, 4) is 11.6 Å². The van der Waals surface area contributed by atoms with Gasteiger partial charge in [0.2, 0.25) is 5.88 Å². The summed E-state index contributed by atoms with van der Waals surface area (Å²) in [6, 6.07) is 16.6. The van der Waals surface area contributed by atoms with E-state index in [1.807, 2.05) is 23.9 Å². The van der Waals surface area contributed by atoms with E-state index in [1.165, 1.54) is 10.6 Å². The first-order valence-corrected chi connectivity index (χ1v) is 11.7. The third kappa shape index (κ3) is 4.38. The largest absolute Gasteiger partial charge is 0.437 e. The van der Waals surface area contributed by atoms with E-state index in [2.05, 4.69) is 56.2 Å². The van der Waals surface area contributed by atoms with E-state index in [0.29, 0.717) is 12.4 Å². The molecule has 160 valence electrons. The van der Waals surface area contributed by atoms with Crippen LogP contribution in [0.4, 0.5) is 15.8 Å². The summed E-state index contributed by atoms with van der Waals surface area (Å²) in [4.78, 5) is 14.8. The lowest BCUT2D eigenvalue weighted by atomic mass is 9.93. The molecular formula is C24H25FN4OS. The van der Waals surface area contributed by atoms with Crippen LogP contribution in [0.1, 0.15) is 24.5 Å². The first-order valence-electron chi connectivity index (χ1n) is 10.7. The molecule has 3 aromatic rings. The highest BCUT2D eigenvalue weighted by Gasteiger charge is 2.25. The van der Waals surface area contributed by atoms with Gasteiger partial charge in [0.1, 0.15) is 18.1 Å². The molecule has 0 radical (unpaired) electrons. The van der Waals surface area contributed by atoms with Crippen molar-refractivity contribution in [1.29, 1.82) is 0 Å². The zero-order valence-corrected chi connectivity index (χ0v) is 18.1. The SMILES string of the molecule is FCCN1CCC(c2nccnc2Oc2ccc(N3CSc4ccccc43)cc2)CC1. The average molecular weight is 437 g/mol. The standard InChI is InChI=1S/C24H25FN4OS/c25-11-16-28-14-9-18(10-15-28)23-24(27-13-12-26-23)30-20-7-5-19(6-8-20)29-17-31-22-4-2-1-3-21(22)29/h1-8,12-13,18H,9-11,14-17H2. The molecule has 1 aromatic heterocycles. The maximum atomic E-state index is 12.6. The lowest BCUT2D eigenvalue weighted by molar-refractivity contribution is 0.194. The highest BCUT2D eigenvalue weighted by molar-refractivity contribution is 7.99. The number of hydrogen-bond donors (Lipinski definition) is 0. The smallest absolute Gasteiger partial charge is 0.241 e. The minimum atomic E-state index is -0.290. The predicted octanol–water partition coefficient (Wildman–Crippen LogP) is 5.62. The van der Waals surface area contributed by atoms with Crippen molar-refractivity contribution >= 4 is 23.1 Å². The molecule has 5 nitrogen and oxygen atoms in total. The van der Waals surface area contributed by atoms with Gasteiger partial charge >= 0.3 is 0 Å². The Morgan fingerprint density at radius 3 is 2.58 bits per heavy atom. The van der Waals surface area contributed by atoms with Crippen LogP contribution in [-0.4, -0.2) is 47.1 Å². The summed E-state index contributed by atoms with van der Waals surface area (Å²) >= 11 is 1.85. The number of halogens is 1. The Morgan fingerprint density at radius 2 is 1.77 bits per heavy atom. The minimum Gasteiger partial charge on any atom is -0.437 e. The van der Waals surface area contributed by atoms with Gasteiger partial charge < -0.3 is 14.5 Å². The van der Waals surface area contributed by atoms with Crippen LogP contribution in [0.5, 0.6) is 11.6 Å². The van der Waals surface area contributed by atoms with Crippen LogP contribution in [0.2, 0.25) is 0 Å². The number of alkyl halides is 1. The van der Waals surface area contributed by atoms with E-state index in [4.69, 9.17) is 4.74 Å². The van der Waals surface area contributed by atoms with E-state index in [-0.39, 0.29) is 12.6 Å². The Bertz CT molecular complexity index is 1020. The maximum Gasteiger partial charge on any atom is 0.241 e. The van der Waals surface area contributed by atoms with Crippen LogP contribution in [-0.2, 0) is 0 Å². The summed E-state index contributed by atoms with van der Waals surface area (Å²) in [6.45, 7) is 1.99. The molecule has 0 saturated carbocycles. The topological polar surface area (TPSA) is 41.5 Å². The fourth-order valence-electron chi connectivity index (χ4n) is 4.27. The normalized spacial score (nSPS) is 17.0. The number of likely N-dealkylation sites (tertiary alicyclic amines) is 1. The first-order chi connectivity index (χ1) is 15.3. The molecule has 2 aliphatic rings. The number of aromatic nitrogens is 2. The number of fused-ring (bicyclic) bond motifs is 1. The number of hydrogen-bond acceptors (Lipinski definition) is 6. The van der Waals surface area contributed by atoms with Crippen molar-refractivity contribution < 1.29 is 9.13 Å². The summed E-state index contributed by atoms with van der Waals surface area (Å²) in [6.07, 6.45) is 5.28.